The normalized spacial score (nSPS) is 26.3. The predicted octanol–water partition coefficient (Wildman–Crippen LogP) is 0.148. The Morgan fingerprint density at radius 2 is 1.74 bits per heavy atom. The number of fused-ring (bicyclic) bond motifs is 3. The Morgan fingerprint density at radius 3 is 2.42 bits per heavy atom. The first-order valence-corrected chi connectivity index (χ1v) is 9.50. The van der Waals surface area contributed by atoms with Gasteiger partial charge in [-0.15, -0.1) is 0 Å². The molecule has 1 aliphatic heterocycles. The molecule has 0 spiro atoms. The number of hydrogen-bond donors (Lipinski definition) is 5. The molecule has 0 aliphatic carbocycles. The Hall–Kier alpha value is -2.89. The Bertz CT molecular complexity index is 1180. The summed E-state index contributed by atoms with van der Waals surface area (Å²) in [7, 11) is 1.44. The number of rotatable bonds is 4. The van der Waals surface area contributed by atoms with Crippen molar-refractivity contribution >= 4 is 21.7 Å². The van der Waals surface area contributed by atoms with E-state index in [1.54, 1.807) is 19.1 Å². The van der Waals surface area contributed by atoms with Gasteiger partial charge in [-0.1, -0.05) is 0 Å². The van der Waals surface area contributed by atoms with Crippen molar-refractivity contribution in [1.82, 2.24) is 0 Å². The van der Waals surface area contributed by atoms with Gasteiger partial charge in [0.05, 0.1) is 13.7 Å². The molecule has 5 unspecified atom stereocenters. The molecule has 10 heteroatoms. The highest BCUT2D eigenvalue weighted by molar-refractivity contribution is 6.08. The topological polar surface area (TPSA) is 159 Å². The minimum Gasteiger partial charge on any atom is -0.507 e. The summed E-state index contributed by atoms with van der Waals surface area (Å²) in [6.07, 6.45) is -7.19. The lowest BCUT2D eigenvalue weighted by Gasteiger charge is -2.39. The summed E-state index contributed by atoms with van der Waals surface area (Å²) in [5.74, 6) is 0.243. The van der Waals surface area contributed by atoms with Crippen molar-refractivity contribution in [2.75, 3.05) is 13.7 Å². The van der Waals surface area contributed by atoms with Crippen LogP contribution in [0.5, 0.6) is 17.2 Å². The van der Waals surface area contributed by atoms with E-state index in [1.807, 2.05) is 0 Å². The van der Waals surface area contributed by atoms with Crippen LogP contribution >= 0.6 is 0 Å². The molecule has 1 aromatic heterocycles. The largest absolute Gasteiger partial charge is 0.507 e. The number of hydrogen-bond acceptors (Lipinski definition) is 10. The second kappa shape index (κ2) is 7.98. The van der Waals surface area contributed by atoms with Gasteiger partial charge in [-0.3, -0.25) is 0 Å². The summed E-state index contributed by atoms with van der Waals surface area (Å²) in [5, 5.41) is 50.6. The zero-order chi connectivity index (χ0) is 22.4. The van der Waals surface area contributed by atoms with Crippen molar-refractivity contribution in [1.29, 1.82) is 0 Å². The molecule has 166 valence electrons. The molecule has 1 aliphatic rings. The zero-order valence-corrected chi connectivity index (χ0v) is 16.7. The van der Waals surface area contributed by atoms with E-state index in [0.717, 1.165) is 0 Å². The number of aryl methyl sites for hydroxylation is 1. The van der Waals surface area contributed by atoms with Crippen LogP contribution in [0, 0.1) is 6.92 Å². The van der Waals surface area contributed by atoms with E-state index in [2.05, 4.69) is 0 Å². The first-order valence-electron chi connectivity index (χ1n) is 9.50. The highest BCUT2D eigenvalue weighted by atomic mass is 16.7. The molecule has 1 fully saturated rings. The minimum absolute atomic E-state index is 0.0130. The lowest BCUT2D eigenvalue weighted by Crippen LogP contribution is -2.60. The van der Waals surface area contributed by atoms with Gasteiger partial charge in [-0.2, -0.15) is 0 Å². The van der Waals surface area contributed by atoms with Gasteiger partial charge in [0.15, 0.2) is 0 Å². The summed E-state index contributed by atoms with van der Waals surface area (Å²) >= 11 is 0. The van der Waals surface area contributed by atoms with Crippen molar-refractivity contribution in [3.63, 3.8) is 0 Å². The van der Waals surface area contributed by atoms with Crippen molar-refractivity contribution in [3.05, 3.63) is 40.2 Å². The average Bonchev–Trinajstić information content (AvgIpc) is 2.73. The van der Waals surface area contributed by atoms with E-state index >= 15 is 0 Å². The summed E-state index contributed by atoms with van der Waals surface area (Å²) in [6, 6.07) is 5.93. The Balaban J connectivity index is 1.79. The van der Waals surface area contributed by atoms with E-state index < -0.39 is 42.9 Å². The second-order valence-electron chi connectivity index (χ2n) is 7.39. The van der Waals surface area contributed by atoms with Crippen LogP contribution in [-0.4, -0.2) is 70.0 Å². The van der Waals surface area contributed by atoms with Gasteiger partial charge >= 0.3 is 5.63 Å². The summed E-state index contributed by atoms with van der Waals surface area (Å²) < 4.78 is 21.5. The number of aliphatic hydroxyl groups excluding tert-OH is 4. The maximum absolute atomic E-state index is 12.5. The van der Waals surface area contributed by atoms with Crippen LogP contribution < -0.4 is 15.1 Å². The molecule has 0 radical (unpaired) electrons. The van der Waals surface area contributed by atoms with Crippen LogP contribution in [0.2, 0.25) is 0 Å². The molecule has 2 aromatic carbocycles. The molecular weight excluding hydrogens is 412 g/mol. The van der Waals surface area contributed by atoms with Gasteiger partial charge in [-0.05, 0) is 24.6 Å². The monoisotopic (exact) mass is 434 g/mol. The average molecular weight is 434 g/mol. The number of methoxy groups -OCH3 is 1. The molecule has 0 amide bonds. The van der Waals surface area contributed by atoms with Crippen molar-refractivity contribution < 1.29 is 44.2 Å². The van der Waals surface area contributed by atoms with Gasteiger partial charge in [0.1, 0.15) is 52.6 Å². The van der Waals surface area contributed by atoms with Crippen molar-refractivity contribution in [3.8, 4) is 17.2 Å². The lowest BCUT2D eigenvalue weighted by molar-refractivity contribution is -0.277. The molecule has 0 bridgehead atoms. The molecule has 2 heterocycles. The molecule has 1 saturated heterocycles. The maximum Gasteiger partial charge on any atom is 0.347 e. The summed E-state index contributed by atoms with van der Waals surface area (Å²) in [4.78, 5) is 12.5. The van der Waals surface area contributed by atoms with Gasteiger partial charge in [0.25, 0.3) is 0 Å². The number of phenols is 1. The molecule has 10 nitrogen and oxygen atoms in total. The van der Waals surface area contributed by atoms with Crippen LogP contribution in [0.4, 0.5) is 0 Å². The summed E-state index contributed by atoms with van der Waals surface area (Å²) in [5.41, 5.74) is 0.0234. The number of aromatic hydroxyl groups is 1. The van der Waals surface area contributed by atoms with E-state index in [4.69, 9.17) is 18.6 Å². The van der Waals surface area contributed by atoms with Gasteiger partial charge in [-0.25, -0.2) is 4.79 Å². The van der Waals surface area contributed by atoms with Gasteiger partial charge in [0, 0.05) is 22.9 Å². The van der Waals surface area contributed by atoms with Crippen molar-refractivity contribution in [2.45, 2.75) is 37.6 Å². The maximum atomic E-state index is 12.5. The van der Waals surface area contributed by atoms with E-state index in [1.165, 1.54) is 19.2 Å². The van der Waals surface area contributed by atoms with E-state index in [0.29, 0.717) is 22.1 Å². The minimum atomic E-state index is -1.59. The van der Waals surface area contributed by atoms with Gasteiger partial charge < -0.3 is 44.2 Å². The molecule has 5 atom stereocenters. The number of ether oxygens (including phenoxy) is 3. The Labute approximate surface area is 175 Å². The molecule has 31 heavy (non-hydrogen) atoms. The Kier molecular flexibility index (Phi) is 5.50. The smallest absolute Gasteiger partial charge is 0.347 e. The molecule has 3 aromatic rings. The SMILES string of the molecule is COc1cc(O)c2c(=O)oc3cc(OC4OC(CO)C(O)C(O)C4O)cc(C)c3c2c1. The number of phenolic OH excluding ortho intramolecular Hbond substituents is 1. The molecule has 4 rings (SSSR count). The molecular formula is C21H22O10. The van der Waals surface area contributed by atoms with Crippen LogP contribution in [0.25, 0.3) is 21.7 Å². The number of benzene rings is 2. The van der Waals surface area contributed by atoms with Crippen molar-refractivity contribution in [2.24, 2.45) is 0 Å². The highest BCUT2D eigenvalue weighted by Crippen LogP contribution is 2.36. The quantitative estimate of drug-likeness (QED) is 0.282. The molecule has 5 N–H and O–H groups in total. The molecule has 0 saturated carbocycles. The highest BCUT2D eigenvalue weighted by Gasteiger charge is 2.44. The van der Waals surface area contributed by atoms with E-state index in [9.17, 15) is 30.3 Å². The third kappa shape index (κ3) is 3.58. The predicted molar refractivity (Wildman–Crippen MR) is 107 cm³/mol. The zero-order valence-electron chi connectivity index (χ0n) is 16.7. The first kappa shape index (κ1) is 21.3. The van der Waals surface area contributed by atoms with Crippen LogP contribution in [0.15, 0.2) is 33.5 Å². The first-order chi connectivity index (χ1) is 14.7. The summed E-state index contributed by atoms with van der Waals surface area (Å²) in [6.45, 7) is 1.15. The fourth-order valence-corrected chi connectivity index (χ4v) is 3.80. The van der Waals surface area contributed by atoms with Crippen LogP contribution in [0.1, 0.15) is 5.56 Å². The number of aliphatic hydroxyl groups is 4. The lowest BCUT2D eigenvalue weighted by atomic mass is 9.99. The fourth-order valence-electron chi connectivity index (χ4n) is 3.80. The van der Waals surface area contributed by atoms with Gasteiger partial charge in [0.2, 0.25) is 6.29 Å². The standard InChI is InChI=1S/C21H22O10/c1-8-3-10(29-21-19(26)18(25)17(24)14(7-22)31-21)6-13-15(8)11-4-9(28-2)5-12(23)16(11)20(27)30-13/h3-6,14,17-19,21-26H,7H2,1-2H3. The second-order valence-corrected chi connectivity index (χ2v) is 7.39. The Morgan fingerprint density at radius 1 is 1.00 bits per heavy atom. The van der Waals surface area contributed by atoms with E-state index in [-0.39, 0.29) is 22.5 Å². The van der Waals surface area contributed by atoms with Crippen LogP contribution in [0.3, 0.4) is 0 Å². The fraction of sp³-hybridized carbons (Fsp3) is 0.381. The third-order valence-corrected chi connectivity index (χ3v) is 5.38. The van der Waals surface area contributed by atoms with Crippen LogP contribution in [-0.2, 0) is 4.74 Å². The third-order valence-electron chi connectivity index (χ3n) is 5.38.